The van der Waals surface area contributed by atoms with E-state index in [2.05, 4.69) is 17.1 Å². The van der Waals surface area contributed by atoms with Gasteiger partial charge in [0.25, 0.3) is 0 Å². The monoisotopic (exact) mass is 254 g/mol. The van der Waals surface area contributed by atoms with Gasteiger partial charge in [0.1, 0.15) is 0 Å². The number of likely N-dealkylation sites (tertiary alicyclic amines) is 1. The molecule has 2 heterocycles. The van der Waals surface area contributed by atoms with Crippen molar-refractivity contribution in [3.8, 4) is 0 Å². The summed E-state index contributed by atoms with van der Waals surface area (Å²) in [5.41, 5.74) is 0. The lowest BCUT2D eigenvalue weighted by atomic mass is 10.1. The normalized spacial score (nSPS) is 32.1. The maximum absolute atomic E-state index is 12.2. The molecule has 2 rings (SSSR count). The molecule has 2 aliphatic heterocycles. The third-order valence-corrected chi connectivity index (χ3v) is 4.14. The zero-order valence-electron chi connectivity index (χ0n) is 11.7. The number of carbonyl (C=O) groups excluding carboxylic acids is 1. The van der Waals surface area contributed by atoms with Crippen LogP contribution in [0, 0.1) is 0 Å². The van der Waals surface area contributed by atoms with Crippen molar-refractivity contribution in [1.82, 2.24) is 10.2 Å². The lowest BCUT2D eigenvalue weighted by molar-refractivity contribution is -0.132. The van der Waals surface area contributed by atoms with Crippen molar-refractivity contribution < 1.29 is 9.53 Å². The van der Waals surface area contributed by atoms with Crippen LogP contribution in [0.5, 0.6) is 0 Å². The zero-order chi connectivity index (χ0) is 13.0. The second-order valence-electron chi connectivity index (χ2n) is 5.63. The number of likely N-dealkylation sites (N-methyl/N-ethyl adjacent to an activating group) is 1. The topological polar surface area (TPSA) is 41.6 Å². The molecule has 4 nitrogen and oxygen atoms in total. The summed E-state index contributed by atoms with van der Waals surface area (Å²) >= 11 is 0. The molecule has 1 N–H and O–H groups in total. The fourth-order valence-corrected chi connectivity index (χ4v) is 3.14. The summed E-state index contributed by atoms with van der Waals surface area (Å²) in [5, 5.41) is 3.18. The Hall–Kier alpha value is -0.610. The molecule has 0 spiro atoms. The predicted octanol–water partition coefficient (Wildman–Crippen LogP) is 1.54. The Balaban J connectivity index is 1.73. The summed E-state index contributed by atoms with van der Waals surface area (Å²) in [6.07, 6.45) is 6.80. The van der Waals surface area contributed by atoms with E-state index < -0.39 is 0 Å². The molecule has 2 fully saturated rings. The standard InChI is InChI=1S/C14H26N2O2/c1-11-5-6-13(18-11)7-8-14(17)16-9-3-4-12(16)10-15-2/h11-13,15H,3-10H2,1-2H3/t11-,12+,13-/m1/s1. The second-order valence-corrected chi connectivity index (χ2v) is 5.63. The minimum Gasteiger partial charge on any atom is -0.375 e. The van der Waals surface area contributed by atoms with E-state index in [4.69, 9.17) is 4.74 Å². The highest BCUT2D eigenvalue weighted by molar-refractivity contribution is 5.76. The number of nitrogens with zero attached hydrogens (tertiary/aromatic N) is 1. The molecule has 2 aliphatic rings. The van der Waals surface area contributed by atoms with Gasteiger partial charge in [-0.3, -0.25) is 4.79 Å². The van der Waals surface area contributed by atoms with Crippen LogP contribution in [0.2, 0.25) is 0 Å². The molecular weight excluding hydrogens is 228 g/mol. The lowest BCUT2D eigenvalue weighted by Gasteiger charge is -2.25. The number of rotatable bonds is 5. The van der Waals surface area contributed by atoms with Crippen molar-refractivity contribution in [2.24, 2.45) is 0 Å². The quantitative estimate of drug-likeness (QED) is 0.809. The van der Waals surface area contributed by atoms with Crippen LogP contribution in [-0.4, -0.2) is 49.2 Å². The Morgan fingerprint density at radius 3 is 2.89 bits per heavy atom. The minimum absolute atomic E-state index is 0.314. The fraction of sp³-hybridized carbons (Fsp3) is 0.929. The van der Waals surface area contributed by atoms with E-state index >= 15 is 0 Å². The predicted molar refractivity (Wildman–Crippen MR) is 71.5 cm³/mol. The summed E-state index contributed by atoms with van der Waals surface area (Å²) < 4.78 is 5.77. The van der Waals surface area contributed by atoms with Crippen LogP contribution < -0.4 is 5.32 Å². The van der Waals surface area contributed by atoms with Gasteiger partial charge in [-0.15, -0.1) is 0 Å². The Labute approximate surface area is 110 Å². The van der Waals surface area contributed by atoms with Gasteiger partial charge in [0.15, 0.2) is 0 Å². The van der Waals surface area contributed by atoms with Crippen LogP contribution in [0.25, 0.3) is 0 Å². The van der Waals surface area contributed by atoms with Gasteiger partial charge < -0.3 is 15.0 Å². The smallest absolute Gasteiger partial charge is 0.222 e. The maximum Gasteiger partial charge on any atom is 0.222 e. The minimum atomic E-state index is 0.314. The molecule has 0 aromatic heterocycles. The first kappa shape index (κ1) is 13.8. The van der Waals surface area contributed by atoms with Crippen molar-refractivity contribution in [1.29, 1.82) is 0 Å². The van der Waals surface area contributed by atoms with Gasteiger partial charge in [0, 0.05) is 25.6 Å². The van der Waals surface area contributed by atoms with Gasteiger partial charge in [-0.2, -0.15) is 0 Å². The molecule has 18 heavy (non-hydrogen) atoms. The third-order valence-electron chi connectivity index (χ3n) is 4.14. The molecule has 1 amide bonds. The highest BCUT2D eigenvalue weighted by Gasteiger charge is 2.29. The number of nitrogens with one attached hydrogen (secondary N) is 1. The average Bonchev–Trinajstić information content (AvgIpc) is 2.96. The zero-order valence-corrected chi connectivity index (χ0v) is 11.7. The molecule has 0 bridgehead atoms. The van der Waals surface area contributed by atoms with Crippen molar-refractivity contribution in [3.05, 3.63) is 0 Å². The maximum atomic E-state index is 12.2. The average molecular weight is 254 g/mol. The number of ether oxygens (including phenoxy) is 1. The van der Waals surface area contributed by atoms with Gasteiger partial charge >= 0.3 is 0 Å². The van der Waals surface area contributed by atoms with E-state index in [1.807, 2.05) is 7.05 Å². The van der Waals surface area contributed by atoms with Crippen molar-refractivity contribution >= 4 is 5.91 Å². The Kier molecular flexibility index (Phi) is 5.01. The number of carbonyl (C=O) groups is 1. The summed E-state index contributed by atoms with van der Waals surface area (Å²) in [7, 11) is 1.95. The van der Waals surface area contributed by atoms with Gasteiger partial charge in [0.2, 0.25) is 5.91 Å². The molecule has 0 unspecified atom stereocenters. The molecule has 3 atom stereocenters. The number of amides is 1. The SMILES string of the molecule is CNC[C@@H]1CCCN1C(=O)CC[C@H]1CC[C@@H](C)O1. The molecule has 104 valence electrons. The third kappa shape index (κ3) is 3.45. The van der Waals surface area contributed by atoms with Gasteiger partial charge in [-0.1, -0.05) is 0 Å². The number of hydrogen-bond donors (Lipinski definition) is 1. The lowest BCUT2D eigenvalue weighted by Crippen LogP contribution is -2.41. The molecule has 0 aliphatic carbocycles. The van der Waals surface area contributed by atoms with Gasteiger partial charge in [0.05, 0.1) is 12.2 Å². The fourth-order valence-electron chi connectivity index (χ4n) is 3.14. The van der Waals surface area contributed by atoms with Crippen molar-refractivity contribution in [2.75, 3.05) is 20.1 Å². The van der Waals surface area contributed by atoms with Crippen LogP contribution in [-0.2, 0) is 9.53 Å². The van der Waals surface area contributed by atoms with Crippen molar-refractivity contribution in [2.45, 2.75) is 63.7 Å². The summed E-state index contributed by atoms with van der Waals surface area (Å²) in [6, 6.07) is 0.408. The summed E-state index contributed by atoms with van der Waals surface area (Å²) in [4.78, 5) is 14.3. The second kappa shape index (κ2) is 6.53. The van der Waals surface area contributed by atoms with Crippen molar-refractivity contribution in [3.63, 3.8) is 0 Å². The van der Waals surface area contributed by atoms with Crippen LogP contribution in [0.4, 0.5) is 0 Å². The summed E-state index contributed by atoms with van der Waals surface area (Å²) in [5.74, 6) is 0.316. The molecule has 0 aromatic carbocycles. The number of hydrogen-bond acceptors (Lipinski definition) is 3. The molecule has 4 heteroatoms. The van der Waals surface area contributed by atoms with E-state index in [-0.39, 0.29) is 0 Å². The Bertz CT molecular complexity index is 283. The Morgan fingerprint density at radius 2 is 2.22 bits per heavy atom. The van der Waals surface area contributed by atoms with E-state index in [0.29, 0.717) is 30.6 Å². The van der Waals surface area contributed by atoms with E-state index in [9.17, 15) is 4.79 Å². The van der Waals surface area contributed by atoms with E-state index in [1.54, 1.807) is 0 Å². The highest BCUT2D eigenvalue weighted by atomic mass is 16.5. The van der Waals surface area contributed by atoms with Crippen LogP contribution >= 0.6 is 0 Å². The molecule has 0 radical (unpaired) electrons. The first-order valence-electron chi connectivity index (χ1n) is 7.30. The van der Waals surface area contributed by atoms with Crippen LogP contribution in [0.15, 0.2) is 0 Å². The Morgan fingerprint density at radius 1 is 1.39 bits per heavy atom. The van der Waals surface area contributed by atoms with Crippen LogP contribution in [0.1, 0.15) is 45.4 Å². The molecule has 0 aromatic rings. The van der Waals surface area contributed by atoms with Gasteiger partial charge in [-0.25, -0.2) is 0 Å². The summed E-state index contributed by atoms with van der Waals surface area (Å²) in [6.45, 7) is 3.97. The molecule has 0 saturated carbocycles. The molecule has 2 saturated heterocycles. The highest BCUT2D eigenvalue weighted by Crippen LogP contribution is 2.24. The van der Waals surface area contributed by atoms with Gasteiger partial charge in [-0.05, 0) is 46.1 Å². The first-order chi connectivity index (χ1) is 8.70. The van der Waals surface area contributed by atoms with E-state index in [1.165, 1.54) is 0 Å². The molecular formula is C14H26N2O2. The first-order valence-corrected chi connectivity index (χ1v) is 7.30. The van der Waals surface area contributed by atoms with E-state index in [0.717, 1.165) is 45.2 Å². The largest absolute Gasteiger partial charge is 0.375 e. The van der Waals surface area contributed by atoms with Crippen LogP contribution in [0.3, 0.4) is 0 Å².